The Morgan fingerprint density at radius 3 is 2.31 bits per heavy atom. The van der Waals surface area contributed by atoms with Gasteiger partial charge in [-0.15, -0.1) is 0 Å². The quantitative estimate of drug-likeness (QED) is 0.782. The van der Waals surface area contributed by atoms with Crippen LogP contribution in [0, 0.1) is 11.7 Å². The molecular weight excluding hydrogens is 211 g/mol. The van der Waals surface area contributed by atoms with E-state index in [2.05, 4.69) is 0 Å². The van der Waals surface area contributed by atoms with E-state index in [1.165, 1.54) is 24.3 Å². The van der Waals surface area contributed by atoms with Gasteiger partial charge in [0.2, 0.25) is 0 Å². The highest BCUT2D eigenvalue weighted by Gasteiger charge is 2.20. The van der Waals surface area contributed by atoms with Gasteiger partial charge < -0.3 is 5.11 Å². The van der Waals surface area contributed by atoms with E-state index in [4.69, 9.17) is 5.11 Å². The molecule has 3 nitrogen and oxygen atoms in total. The SMILES string of the molecule is CCC(CC(=O)O)C(=O)c1ccc(F)cc1. The Morgan fingerprint density at radius 1 is 1.31 bits per heavy atom. The first-order valence-electron chi connectivity index (χ1n) is 5.06. The van der Waals surface area contributed by atoms with Crippen LogP contribution in [0.3, 0.4) is 0 Å². The smallest absolute Gasteiger partial charge is 0.304 e. The molecule has 0 aliphatic carbocycles. The van der Waals surface area contributed by atoms with Crippen molar-refractivity contribution in [1.82, 2.24) is 0 Å². The predicted molar refractivity (Wildman–Crippen MR) is 56.8 cm³/mol. The van der Waals surface area contributed by atoms with E-state index in [0.29, 0.717) is 12.0 Å². The summed E-state index contributed by atoms with van der Waals surface area (Å²) in [6.07, 6.45) is 0.273. The van der Waals surface area contributed by atoms with Crippen molar-refractivity contribution in [2.75, 3.05) is 0 Å². The molecule has 1 unspecified atom stereocenters. The molecule has 86 valence electrons. The molecule has 0 saturated carbocycles. The minimum Gasteiger partial charge on any atom is -0.481 e. The number of Topliss-reactive ketones (excluding diaryl/α,β-unsaturated/α-hetero) is 1. The fourth-order valence-electron chi connectivity index (χ4n) is 1.48. The Bertz CT molecular complexity index is 384. The fourth-order valence-corrected chi connectivity index (χ4v) is 1.48. The minimum atomic E-state index is -0.998. The molecule has 0 spiro atoms. The topological polar surface area (TPSA) is 54.4 Å². The zero-order valence-electron chi connectivity index (χ0n) is 8.94. The summed E-state index contributed by atoms with van der Waals surface area (Å²) < 4.78 is 12.6. The van der Waals surface area contributed by atoms with Crippen LogP contribution in [0.25, 0.3) is 0 Å². The third-order valence-electron chi connectivity index (χ3n) is 2.41. The van der Waals surface area contributed by atoms with Crippen molar-refractivity contribution >= 4 is 11.8 Å². The Balaban J connectivity index is 2.82. The highest BCUT2D eigenvalue weighted by atomic mass is 19.1. The van der Waals surface area contributed by atoms with E-state index in [-0.39, 0.29) is 12.2 Å². The van der Waals surface area contributed by atoms with Crippen LogP contribution < -0.4 is 0 Å². The first-order chi connectivity index (χ1) is 7.54. The van der Waals surface area contributed by atoms with Crippen LogP contribution in [0.2, 0.25) is 0 Å². The number of hydrogen-bond donors (Lipinski definition) is 1. The lowest BCUT2D eigenvalue weighted by Gasteiger charge is -2.10. The van der Waals surface area contributed by atoms with Gasteiger partial charge in [-0.05, 0) is 30.7 Å². The summed E-state index contributed by atoms with van der Waals surface area (Å²) in [5.74, 6) is -2.20. The van der Waals surface area contributed by atoms with Gasteiger partial charge in [-0.2, -0.15) is 0 Å². The second kappa shape index (κ2) is 5.39. The number of benzene rings is 1. The molecule has 0 fully saturated rings. The van der Waals surface area contributed by atoms with Gasteiger partial charge in [0.15, 0.2) is 5.78 Å². The monoisotopic (exact) mass is 224 g/mol. The van der Waals surface area contributed by atoms with Gasteiger partial charge in [-0.1, -0.05) is 6.92 Å². The van der Waals surface area contributed by atoms with E-state index in [1.807, 2.05) is 0 Å². The van der Waals surface area contributed by atoms with Gasteiger partial charge in [0, 0.05) is 11.5 Å². The van der Waals surface area contributed by atoms with Gasteiger partial charge in [-0.3, -0.25) is 9.59 Å². The van der Waals surface area contributed by atoms with Crippen molar-refractivity contribution in [1.29, 1.82) is 0 Å². The molecule has 0 aromatic heterocycles. The van der Waals surface area contributed by atoms with Crippen LogP contribution in [0.1, 0.15) is 30.1 Å². The maximum atomic E-state index is 12.6. The third kappa shape index (κ3) is 3.15. The number of carbonyl (C=O) groups excluding carboxylic acids is 1. The lowest BCUT2D eigenvalue weighted by atomic mass is 9.92. The number of aliphatic carboxylic acids is 1. The van der Waals surface area contributed by atoms with E-state index >= 15 is 0 Å². The van der Waals surface area contributed by atoms with Crippen molar-refractivity contribution in [2.45, 2.75) is 19.8 Å². The maximum absolute atomic E-state index is 12.6. The van der Waals surface area contributed by atoms with Gasteiger partial charge in [0.05, 0.1) is 6.42 Å². The predicted octanol–water partition coefficient (Wildman–Crippen LogP) is 2.51. The molecule has 4 heteroatoms. The lowest BCUT2D eigenvalue weighted by Crippen LogP contribution is -2.17. The van der Waals surface area contributed by atoms with Crippen LogP contribution in [-0.4, -0.2) is 16.9 Å². The summed E-state index contributed by atoms with van der Waals surface area (Å²) in [6.45, 7) is 1.76. The molecule has 1 aromatic carbocycles. The maximum Gasteiger partial charge on any atom is 0.304 e. The fraction of sp³-hybridized carbons (Fsp3) is 0.333. The van der Waals surface area contributed by atoms with E-state index < -0.39 is 17.7 Å². The Hall–Kier alpha value is -1.71. The van der Waals surface area contributed by atoms with Gasteiger partial charge in [0.25, 0.3) is 0 Å². The molecule has 0 bridgehead atoms. The third-order valence-corrected chi connectivity index (χ3v) is 2.41. The van der Waals surface area contributed by atoms with Crippen LogP contribution in [0.4, 0.5) is 4.39 Å². The number of carboxylic acids is 1. The standard InChI is InChI=1S/C12H13FO3/c1-2-8(7-11(14)15)12(16)9-3-5-10(13)6-4-9/h3-6,8H,2,7H2,1H3,(H,14,15). The zero-order chi connectivity index (χ0) is 12.1. The summed E-state index contributed by atoms with van der Waals surface area (Å²) in [6, 6.07) is 5.14. The van der Waals surface area contributed by atoms with Crippen molar-refractivity contribution < 1.29 is 19.1 Å². The number of halogens is 1. The second-order valence-corrected chi connectivity index (χ2v) is 3.57. The summed E-state index contributed by atoms with van der Waals surface area (Å²) in [7, 11) is 0. The highest BCUT2D eigenvalue weighted by molar-refractivity contribution is 5.99. The van der Waals surface area contributed by atoms with Crippen LogP contribution >= 0.6 is 0 Å². The summed E-state index contributed by atoms with van der Waals surface area (Å²) in [5.41, 5.74) is 0.356. The van der Waals surface area contributed by atoms with Crippen LogP contribution in [-0.2, 0) is 4.79 Å². The van der Waals surface area contributed by atoms with Crippen molar-refractivity contribution in [2.24, 2.45) is 5.92 Å². The highest BCUT2D eigenvalue weighted by Crippen LogP contribution is 2.16. The van der Waals surface area contributed by atoms with Gasteiger partial charge in [0.1, 0.15) is 5.82 Å². The molecule has 1 aromatic rings. The van der Waals surface area contributed by atoms with E-state index in [1.54, 1.807) is 6.92 Å². The van der Waals surface area contributed by atoms with Crippen molar-refractivity contribution in [3.8, 4) is 0 Å². The number of rotatable bonds is 5. The Labute approximate surface area is 92.9 Å². The van der Waals surface area contributed by atoms with Gasteiger partial charge in [-0.25, -0.2) is 4.39 Å². The first-order valence-corrected chi connectivity index (χ1v) is 5.06. The first kappa shape index (κ1) is 12.4. The molecule has 0 heterocycles. The van der Waals surface area contributed by atoms with Crippen LogP contribution in [0.5, 0.6) is 0 Å². The van der Waals surface area contributed by atoms with Crippen molar-refractivity contribution in [3.63, 3.8) is 0 Å². The van der Waals surface area contributed by atoms with E-state index in [0.717, 1.165) is 0 Å². The molecule has 0 saturated heterocycles. The second-order valence-electron chi connectivity index (χ2n) is 3.57. The molecule has 0 amide bonds. The molecule has 16 heavy (non-hydrogen) atoms. The molecule has 1 atom stereocenters. The average Bonchev–Trinajstić information content (AvgIpc) is 2.25. The van der Waals surface area contributed by atoms with Gasteiger partial charge >= 0.3 is 5.97 Å². The van der Waals surface area contributed by atoms with E-state index in [9.17, 15) is 14.0 Å². The number of ketones is 1. The van der Waals surface area contributed by atoms with Crippen molar-refractivity contribution in [3.05, 3.63) is 35.6 Å². The summed E-state index contributed by atoms with van der Waals surface area (Å²) in [5, 5.41) is 8.64. The molecule has 0 aliphatic heterocycles. The average molecular weight is 224 g/mol. The molecule has 0 aliphatic rings. The molecule has 0 radical (unpaired) electrons. The Morgan fingerprint density at radius 2 is 1.88 bits per heavy atom. The number of carboxylic acid groups (broad SMARTS) is 1. The van der Waals surface area contributed by atoms with Crippen LogP contribution in [0.15, 0.2) is 24.3 Å². The summed E-state index contributed by atoms with van der Waals surface area (Å²) >= 11 is 0. The number of carbonyl (C=O) groups is 2. The lowest BCUT2D eigenvalue weighted by molar-refractivity contribution is -0.137. The zero-order valence-corrected chi connectivity index (χ0v) is 8.94. The largest absolute Gasteiger partial charge is 0.481 e. The summed E-state index contributed by atoms with van der Waals surface area (Å²) in [4.78, 5) is 22.4. The molecular formula is C12H13FO3. The Kier molecular flexibility index (Phi) is 4.17. The molecule has 1 rings (SSSR count). The normalized spacial score (nSPS) is 12.1. The molecule has 1 N–H and O–H groups in total. The number of hydrogen-bond acceptors (Lipinski definition) is 2. The minimum absolute atomic E-state index is 0.188.